The molecule has 14 aromatic rings. The molecule has 7 nitrogen and oxygen atoms in total. The van der Waals surface area contributed by atoms with Crippen molar-refractivity contribution >= 4 is 23.3 Å². The van der Waals surface area contributed by atoms with Crippen molar-refractivity contribution in [2.75, 3.05) is 13.2 Å². The normalized spacial score (nSPS) is 14.1. The monoisotopic (exact) mass is 1630 g/mol. The SMILES string of the molecule is O=C(OCCCC(c1ccc(C(=O)c2ccccc2)cc1)(c1ccc(C(=O)c2ccccc2)cc1)c1ccc(C(=O)c2ccccc2)cc1)c1ccc(Oc2ccc(OCCCCCCC(c3ccc(-c4ccc(C5CCCCC5)cc4)cc3)(c3ccc(-c4ccc(C5CCCCC5)cc4)cc3)c3ccc(-c4ccc(C5CCCCC5)cc4)cc3)cc2)cc1. The van der Waals surface area contributed by atoms with Crippen molar-refractivity contribution < 1.29 is 33.4 Å². The van der Waals surface area contributed by atoms with Crippen molar-refractivity contribution in [3.05, 3.63) is 447 Å². The van der Waals surface area contributed by atoms with Crippen molar-refractivity contribution in [3.63, 3.8) is 0 Å². The highest BCUT2D eigenvalue weighted by Crippen LogP contribution is 2.48. The van der Waals surface area contributed by atoms with E-state index in [1.807, 2.05) is 188 Å². The number of carbonyl (C=O) groups is 4. The van der Waals surface area contributed by atoms with Crippen LogP contribution in [0.4, 0.5) is 0 Å². The highest BCUT2D eigenvalue weighted by atomic mass is 16.5. The van der Waals surface area contributed by atoms with Gasteiger partial charge >= 0.3 is 5.97 Å². The number of ether oxygens (including phenoxy) is 3. The summed E-state index contributed by atoms with van der Waals surface area (Å²) in [4.78, 5) is 55.5. The third kappa shape index (κ3) is 19.5. The van der Waals surface area contributed by atoms with E-state index in [1.54, 1.807) is 24.3 Å². The predicted octanol–water partition coefficient (Wildman–Crippen LogP) is 29.7. The molecule has 7 heteroatoms. The topological polar surface area (TPSA) is 96.0 Å². The maximum absolute atomic E-state index is 14.0. The number of esters is 1. The number of rotatable bonds is 33. The van der Waals surface area contributed by atoms with Gasteiger partial charge in [-0.05, 0) is 214 Å². The molecule has 17 rings (SSSR count). The van der Waals surface area contributed by atoms with Crippen LogP contribution in [-0.2, 0) is 15.6 Å². The Morgan fingerprint density at radius 1 is 0.234 bits per heavy atom. The van der Waals surface area contributed by atoms with Gasteiger partial charge in [-0.2, -0.15) is 0 Å². The molecule has 0 unspecified atom stereocenters. The lowest BCUT2D eigenvalue weighted by molar-refractivity contribution is 0.0494. The number of unbranched alkanes of at least 4 members (excludes halogenated alkanes) is 3. The molecular formula is C117H110O7. The van der Waals surface area contributed by atoms with Gasteiger partial charge in [0, 0.05) is 44.2 Å². The first-order chi connectivity index (χ1) is 61.1. The molecule has 0 bridgehead atoms. The van der Waals surface area contributed by atoms with Crippen molar-refractivity contribution in [2.45, 2.75) is 170 Å². The summed E-state index contributed by atoms with van der Waals surface area (Å²) in [5, 5.41) is 0. The van der Waals surface area contributed by atoms with Gasteiger partial charge in [0.1, 0.15) is 17.2 Å². The number of hydrogen-bond donors (Lipinski definition) is 0. The van der Waals surface area contributed by atoms with Gasteiger partial charge in [-0.25, -0.2) is 4.79 Å². The van der Waals surface area contributed by atoms with Crippen molar-refractivity contribution in [1.29, 1.82) is 0 Å². The minimum absolute atomic E-state index is 0.0815. The van der Waals surface area contributed by atoms with Crippen LogP contribution in [0.1, 0.15) is 267 Å². The van der Waals surface area contributed by atoms with Crippen LogP contribution in [0.5, 0.6) is 17.2 Å². The van der Waals surface area contributed by atoms with Gasteiger partial charge in [-0.3, -0.25) is 14.4 Å². The Labute approximate surface area is 732 Å². The molecule has 0 spiro atoms. The van der Waals surface area contributed by atoms with Crippen molar-refractivity contribution in [1.82, 2.24) is 0 Å². The van der Waals surface area contributed by atoms with Gasteiger partial charge in [0.2, 0.25) is 0 Å². The van der Waals surface area contributed by atoms with Gasteiger partial charge in [-0.15, -0.1) is 0 Å². The Kier molecular flexibility index (Phi) is 26.9. The third-order valence-electron chi connectivity index (χ3n) is 26.9. The fraction of sp³-hybridized carbons (Fsp3) is 0.248. The maximum atomic E-state index is 14.0. The van der Waals surface area contributed by atoms with Crippen LogP contribution in [-0.4, -0.2) is 36.5 Å². The molecule has 3 aliphatic carbocycles. The molecule has 3 fully saturated rings. The smallest absolute Gasteiger partial charge is 0.338 e. The fourth-order valence-electron chi connectivity index (χ4n) is 19.9. The first-order valence-electron chi connectivity index (χ1n) is 45.5. The van der Waals surface area contributed by atoms with E-state index in [2.05, 4.69) is 146 Å². The Hall–Kier alpha value is -12.8. The Morgan fingerprint density at radius 3 is 0.815 bits per heavy atom. The highest BCUT2D eigenvalue weighted by Gasteiger charge is 2.39. The molecule has 0 radical (unpaired) electrons. The maximum Gasteiger partial charge on any atom is 0.338 e. The molecule has 3 saturated carbocycles. The zero-order chi connectivity index (χ0) is 84.3. The lowest BCUT2D eigenvalue weighted by Gasteiger charge is -2.37. The van der Waals surface area contributed by atoms with Gasteiger partial charge in [0.25, 0.3) is 0 Å². The van der Waals surface area contributed by atoms with Crippen molar-refractivity contribution in [3.8, 4) is 50.6 Å². The minimum Gasteiger partial charge on any atom is -0.494 e. The summed E-state index contributed by atoms with van der Waals surface area (Å²) in [6.07, 6.45) is 25.6. The standard InChI is InChI=1S/C117H110O7/c118-112(96-30-15-6-16-31-96)99-54-68-106(69-55-99)117(107-70-56-100(57-71-107)113(119)97-32-17-7-18-33-97,108-72-58-101(59-73-108)114(120)98-34-19-8-20-35-98)81-23-83-123-115(121)102-60-74-110(75-61-102)124-111-78-76-109(77-79-111)122-82-22-2-1-21-80-116(103-62-48-93(49-63-103)90-42-36-87(37-43-90)84-24-9-3-10-25-84,104-64-50-94(51-65-104)91-44-38-88(39-45-91)85-26-11-4-12-27-85)105-66-52-95(53-67-105)92-46-40-89(41-47-92)86-28-13-5-14-29-86/h6-8,15-20,30-79,84-86H,1-5,9-14,21-29,80-83H2. The van der Waals surface area contributed by atoms with E-state index in [1.165, 1.54) is 163 Å². The number of benzene rings is 14. The zero-order valence-corrected chi connectivity index (χ0v) is 71.1. The minimum atomic E-state index is -0.921. The van der Waals surface area contributed by atoms with E-state index in [-0.39, 0.29) is 24.0 Å². The Bertz CT molecular complexity index is 5330. The second kappa shape index (κ2) is 40.0. The average Bonchev–Trinajstić information content (AvgIpc) is 0.750. The third-order valence-corrected chi connectivity index (χ3v) is 26.9. The molecule has 0 atom stereocenters. The lowest BCUT2D eigenvalue weighted by Crippen LogP contribution is -2.30. The first-order valence-corrected chi connectivity index (χ1v) is 45.5. The second-order valence-corrected chi connectivity index (χ2v) is 34.6. The Balaban J connectivity index is 0.556. The van der Waals surface area contributed by atoms with Crippen LogP contribution < -0.4 is 9.47 Å². The van der Waals surface area contributed by atoms with Gasteiger partial charge in [-0.1, -0.05) is 386 Å². The van der Waals surface area contributed by atoms with Crippen molar-refractivity contribution in [2.24, 2.45) is 0 Å². The van der Waals surface area contributed by atoms with Crippen LogP contribution in [0.3, 0.4) is 0 Å². The van der Waals surface area contributed by atoms with E-state index < -0.39 is 16.8 Å². The van der Waals surface area contributed by atoms with Crippen LogP contribution in [0.25, 0.3) is 33.4 Å². The molecule has 0 aliphatic heterocycles. The zero-order valence-electron chi connectivity index (χ0n) is 71.1. The van der Waals surface area contributed by atoms with Crippen LogP contribution in [0, 0.1) is 0 Å². The fourth-order valence-corrected chi connectivity index (χ4v) is 19.9. The summed E-state index contributed by atoms with van der Waals surface area (Å²) in [6.45, 7) is 0.669. The van der Waals surface area contributed by atoms with Crippen LogP contribution in [0.15, 0.2) is 358 Å². The van der Waals surface area contributed by atoms with Gasteiger partial charge < -0.3 is 14.2 Å². The van der Waals surface area contributed by atoms with E-state index in [0.717, 1.165) is 54.5 Å². The second-order valence-electron chi connectivity index (χ2n) is 34.6. The quantitative estimate of drug-likeness (QED) is 0.0175. The predicted molar refractivity (Wildman–Crippen MR) is 503 cm³/mol. The van der Waals surface area contributed by atoms with E-state index >= 15 is 0 Å². The number of hydrogen-bond acceptors (Lipinski definition) is 7. The van der Waals surface area contributed by atoms with Crippen LogP contribution >= 0.6 is 0 Å². The number of ketones is 3. The molecule has 14 aromatic carbocycles. The van der Waals surface area contributed by atoms with E-state index in [0.29, 0.717) is 87.6 Å². The summed E-state index contributed by atoms with van der Waals surface area (Å²) in [7, 11) is 0. The molecule has 124 heavy (non-hydrogen) atoms. The molecule has 0 heterocycles. The van der Waals surface area contributed by atoms with Gasteiger partial charge in [0.15, 0.2) is 17.3 Å². The Morgan fingerprint density at radius 2 is 0.492 bits per heavy atom. The molecule has 0 N–H and O–H groups in total. The van der Waals surface area contributed by atoms with Crippen LogP contribution in [0.2, 0.25) is 0 Å². The summed E-state index contributed by atoms with van der Waals surface area (Å²) in [6, 6.07) is 123. The van der Waals surface area contributed by atoms with E-state index in [4.69, 9.17) is 14.2 Å². The largest absolute Gasteiger partial charge is 0.494 e. The summed E-state index contributed by atoms with van der Waals surface area (Å²) in [5.74, 6) is 3.20. The molecule has 620 valence electrons. The highest BCUT2D eigenvalue weighted by molar-refractivity contribution is 6.10. The first kappa shape index (κ1) is 83.4. The number of carbonyl (C=O) groups excluding carboxylic acids is 4. The molecule has 3 aliphatic rings. The van der Waals surface area contributed by atoms with E-state index in [9.17, 15) is 19.2 Å². The summed E-state index contributed by atoms with van der Waals surface area (Å²) < 4.78 is 18.8. The molecule has 0 aromatic heterocycles. The molecular weight excluding hydrogens is 1520 g/mol. The summed E-state index contributed by atoms with van der Waals surface area (Å²) in [5.41, 5.74) is 20.8. The van der Waals surface area contributed by atoms with Gasteiger partial charge in [0.05, 0.1) is 18.8 Å². The molecule has 0 saturated heterocycles. The summed E-state index contributed by atoms with van der Waals surface area (Å²) >= 11 is 0. The molecule has 0 amide bonds. The average molecular weight is 1630 g/mol. The lowest BCUT2D eigenvalue weighted by atomic mass is 9.66.